The summed E-state index contributed by atoms with van der Waals surface area (Å²) in [6.45, 7) is 7.65. The van der Waals surface area contributed by atoms with E-state index in [2.05, 4.69) is 40.7 Å². The number of morpholine rings is 1. The number of allylic oxidation sites excluding steroid dienone is 2. The second kappa shape index (κ2) is 13.9. The van der Waals surface area contributed by atoms with Gasteiger partial charge in [0.25, 0.3) is 0 Å². The van der Waals surface area contributed by atoms with Crippen molar-refractivity contribution in [2.45, 2.75) is 31.2 Å². The van der Waals surface area contributed by atoms with Gasteiger partial charge in [-0.2, -0.15) is 0 Å². The van der Waals surface area contributed by atoms with Crippen LogP contribution in [-0.4, -0.2) is 77.5 Å². The molecule has 1 aromatic rings. The maximum Gasteiger partial charge on any atom is 0.230 e. The van der Waals surface area contributed by atoms with Gasteiger partial charge in [0.2, 0.25) is 5.91 Å². The number of nitrogens with one attached hydrogen (secondary N) is 1. The second-order valence-corrected chi connectivity index (χ2v) is 11.7. The number of benzene rings is 1. The Morgan fingerprint density at radius 2 is 2.17 bits per heavy atom. The molecule has 3 rings (SSSR count). The molecule has 0 bridgehead atoms. The molecule has 1 amide bonds. The molecule has 0 radical (unpaired) electrons. The number of nitrogens with zero attached hydrogens (tertiary/aromatic N) is 3. The van der Waals surface area contributed by atoms with Crippen molar-refractivity contribution in [3.05, 3.63) is 69.0 Å². The molecule has 2 unspecified atom stereocenters. The van der Waals surface area contributed by atoms with Crippen LogP contribution in [0.5, 0.6) is 0 Å². The van der Waals surface area contributed by atoms with Gasteiger partial charge in [-0.3, -0.25) is 9.69 Å². The first-order chi connectivity index (χ1) is 16.8. The fourth-order valence-electron chi connectivity index (χ4n) is 3.95. The Morgan fingerprint density at radius 3 is 2.91 bits per heavy atom. The predicted molar refractivity (Wildman–Crippen MR) is 151 cm³/mol. The van der Waals surface area contributed by atoms with Gasteiger partial charge < -0.3 is 19.9 Å². The molecule has 2 atom stereocenters. The van der Waals surface area contributed by atoms with Crippen LogP contribution in [0.2, 0.25) is 10.0 Å². The summed E-state index contributed by atoms with van der Waals surface area (Å²) in [5.74, 6) is 0.437. The lowest BCUT2D eigenvalue weighted by Gasteiger charge is -2.33. The van der Waals surface area contributed by atoms with Gasteiger partial charge in [-0.15, -0.1) is 11.8 Å². The van der Waals surface area contributed by atoms with E-state index in [1.807, 2.05) is 49.3 Å². The summed E-state index contributed by atoms with van der Waals surface area (Å²) in [5, 5.41) is 6.35. The van der Waals surface area contributed by atoms with Crippen molar-refractivity contribution < 1.29 is 9.53 Å². The van der Waals surface area contributed by atoms with Crippen molar-refractivity contribution in [3.63, 3.8) is 0 Å². The fraction of sp³-hybridized carbons (Fsp3) is 0.480. The van der Waals surface area contributed by atoms with Crippen LogP contribution in [0.25, 0.3) is 0 Å². The van der Waals surface area contributed by atoms with Gasteiger partial charge in [0.15, 0.2) is 0 Å². The lowest BCUT2D eigenvalue weighted by molar-refractivity contribution is -0.119. The standard InChI is InChI=1S/C25H34Cl2N4O2S2/c1-5-8-29(3)13-18(2)23-16-34-25(30(23)4)35-17-24(32)28-12-20-15-31(9-10-33-20)14-19-6-7-21(26)22(27)11-19/h5-8,11,13,16,20,25H,9-10,12,14-15,17H2,1-4H3,(H,28,32)/b8-5-,18-13+. The van der Waals surface area contributed by atoms with E-state index in [-0.39, 0.29) is 16.7 Å². The zero-order chi connectivity index (χ0) is 25.4. The Balaban J connectivity index is 1.39. The van der Waals surface area contributed by atoms with E-state index in [9.17, 15) is 4.79 Å². The minimum Gasteiger partial charge on any atom is -0.374 e. The highest BCUT2D eigenvalue weighted by molar-refractivity contribution is 8.18. The minimum atomic E-state index is -0.0285. The number of carbonyl (C=O) groups is 1. The molecule has 6 nitrogen and oxygen atoms in total. The third kappa shape index (κ3) is 8.65. The molecular weight excluding hydrogens is 523 g/mol. The lowest BCUT2D eigenvalue weighted by Crippen LogP contribution is -2.47. The zero-order valence-corrected chi connectivity index (χ0v) is 23.8. The summed E-state index contributed by atoms with van der Waals surface area (Å²) >= 11 is 15.5. The summed E-state index contributed by atoms with van der Waals surface area (Å²) in [6, 6.07) is 5.73. The maximum atomic E-state index is 12.5. The molecule has 10 heteroatoms. The largest absolute Gasteiger partial charge is 0.374 e. The van der Waals surface area contributed by atoms with Crippen LogP contribution in [0.4, 0.5) is 0 Å². The number of hydrogen-bond donors (Lipinski definition) is 1. The van der Waals surface area contributed by atoms with Crippen LogP contribution in [0.1, 0.15) is 19.4 Å². The Hall–Kier alpha value is -1.29. The highest BCUT2D eigenvalue weighted by Gasteiger charge is 2.26. The van der Waals surface area contributed by atoms with Crippen LogP contribution in [0, 0.1) is 0 Å². The fourth-order valence-corrected chi connectivity index (χ4v) is 6.58. The van der Waals surface area contributed by atoms with E-state index >= 15 is 0 Å². The molecule has 1 saturated heterocycles. The number of carbonyl (C=O) groups excluding carboxylic acids is 1. The molecular formula is C25H34Cl2N4O2S2. The third-order valence-corrected chi connectivity index (χ3v) is 9.09. The number of ether oxygens (including phenoxy) is 1. The maximum absolute atomic E-state index is 12.5. The van der Waals surface area contributed by atoms with Gasteiger partial charge in [0, 0.05) is 52.2 Å². The van der Waals surface area contributed by atoms with Crippen LogP contribution in [-0.2, 0) is 16.1 Å². The zero-order valence-electron chi connectivity index (χ0n) is 20.7. The van der Waals surface area contributed by atoms with Crippen LogP contribution in [0.3, 0.4) is 0 Å². The highest BCUT2D eigenvalue weighted by atomic mass is 35.5. The Kier molecular flexibility index (Phi) is 11.2. The van der Waals surface area contributed by atoms with Crippen molar-refractivity contribution in [3.8, 4) is 0 Å². The van der Waals surface area contributed by atoms with E-state index in [4.69, 9.17) is 27.9 Å². The van der Waals surface area contributed by atoms with Crippen molar-refractivity contribution in [2.24, 2.45) is 0 Å². The van der Waals surface area contributed by atoms with Crippen molar-refractivity contribution in [2.75, 3.05) is 46.1 Å². The third-order valence-electron chi connectivity index (χ3n) is 5.67. The highest BCUT2D eigenvalue weighted by Crippen LogP contribution is 2.39. The Morgan fingerprint density at radius 1 is 1.37 bits per heavy atom. The summed E-state index contributed by atoms with van der Waals surface area (Å²) in [6.07, 6.45) is 6.11. The Bertz CT molecular complexity index is 973. The first-order valence-corrected chi connectivity index (χ1v) is 14.3. The minimum absolute atomic E-state index is 0.0285. The molecule has 1 N–H and O–H groups in total. The Labute approximate surface area is 227 Å². The SMILES string of the molecule is C/C=C\N(C)/C=C(\C)C1=CSC(SCC(=O)NCC2CN(Cc3ccc(Cl)c(Cl)c3)CCO2)N1C. The number of rotatable bonds is 10. The second-order valence-electron chi connectivity index (χ2n) is 8.61. The average Bonchev–Trinajstić information content (AvgIpc) is 3.19. The molecule has 1 fully saturated rings. The summed E-state index contributed by atoms with van der Waals surface area (Å²) in [5.41, 5.74) is 3.49. The molecule has 0 aliphatic carbocycles. The molecule has 2 aliphatic heterocycles. The summed E-state index contributed by atoms with van der Waals surface area (Å²) in [4.78, 5) is 19.1. The molecule has 0 spiro atoms. The molecule has 0 aromatic heterocycles. The van der Waals surface area contributed by atoms with Crippen LogP contribution in [0.15, 0.2) is 53.4 Å². The van der Waals surface area contributed by atoms with Crippen molar-refractivity contribution in [1.29, 1.82) is 0 Å². The smallest absolute Gasteiger partial charge is 0.230 e. The number of amides is 1. The molecule has 2 heterocycles. The van der Waals surface area contributed by atoms with Crippen molar-refractivity contribution >= 4 is 52.6 Å². The van der Waals surface area contributed by atoms with E-state index in [0.717, 1.165) is 25.2 Å². The van der Waals surface area contributed by atoms with E-state index in [1.54, 1.807) is 23.5 Å². The van der Waals surface area contributed by atoms with Gasteiger partial charge >= 0.3 is 0 Å². The van der Waals surface area contributed by atoms with Gasteiger partial charge in [0.1, 0.15) is 4.71 Å². The number of hydrogen-bond acceptors (Lipinski definition) is 7. The van der Waals surface area contributed by atoms with Crippen LogP contribution >= 0.6 is 46.7 Å². The van der Waals surface area contributed by atoms with Gasteiger partial charge in [-0.25, -0.2) is 0 Å². The van der Waals surface area contributed by atoms with Crippen molar-refractivity contribution in [1.82, 2.24) is 20.0 Å². The topological polar surface area (TPSA) is 48.1 Å². The van der Waals surface area contributed by atoms with E-state index < -0.39 is 0 Å². The van der Waals surface area contributed by atoms with Gasteiger partial charge in [0.05, 0.1) is 28.5 Å². The lowest BCUT2D eigenvalue weighted by atomic mass is 10.2. The molecule has 35 heavy (non-hydrogen) atoms. The average molecular weight is 558 g/mol. The molecule has 1 aromatic carbocycles. The van der Waals surface area contributed by atoms with Gasteiger partial charge in [-0.05, 0) is 48.7 Å². The summed E-state index contributed by atoms with van der Waals surface area (Å²) in [7, 11) is 4.10. The monoisotopic (exact) mass is 556 g/mol. The first-order valence-electron chi connectivity index (χ1n) is 11.5. The van der Waals surface area contributed by atoms with Crippen LogP contribution < -0.4 is 5.32 Å². The quantitative estimate of drug-likeness (QED) is 0.424. The summed E-state index contributed by atoms with van der Waals surface area (Å²) < 4.78 is 6.06. The number of halogens is 2. The predicted octanol–water partition coefficient (Wildman–Crippen LogP) is 5.22. The molecule has 192 valence electrons. The molecule has 2 aliphatic rings. The first kappa shape index (κ1) is 28.3. The van der Waals surface area contributed by atoms with E-state index in [1.165, 1.54) is 11.3 Å². The van der Waals surface area contributed by atoms with E-state index in [0.29, 0.717) is 28.9 Å². The number of likely N-dealkylation sites (N-methyl/N-ethyl adjacent to an activating group) is 1. The normalized spacial score (nSPS) is 21.5. The van der Waals surface area contributed by atoms with Gasteiger partial charge in [-0.1, -0.05) is 47.1 Å². The number of thioether (sulfide) groups is 2. The molecule has 0 saturated carbocycles.